The molecule has 0 saturated carbocycles. The Labute approximate surface area is 204 Å². The number of hydrogen-bond acceptors (Lipinski definition) is 7. The van der Waals surface area contributed by atoms with Crippen LogP contribution in [0.25, 0.3) is 33.7 Å². The lowest BCUT2D eigenvalue weighted by Gasteiger charge is -2.13. The molecule has 2 heterocycles. The van der Waals surface area contributed by atoms with Crippen molar-refractivity contribution in [3.63, 3.8) is 0 Å². The summed E-state index contributed by atoms with van der Waals surface area (Å²) in [7, 11) is 0. The Morgan fingerprint density at radius 3 is 2.86 bits per heavy atom. The third kappa shape index (κ3) is 5.35. The molecule has 8 nitrogen and oxygen atoms in total. The topological polar surface area (TPSA) is 103 Å². The van der Waals surface area contributed by atoms with Crippen LogP contribution in [0.3, 0.4) is 0 Å². The van der Waals surface area contributed by atoms with E-state index in [-0.39, 0.29) is 12.1 Å². The quantitative estimate of drug-likeness (QED) is 0.271. The molecular formula is C27H28N4O4. The highest BCUT2D eigenvalue weighted by Gasteiger charge is 2.17. The maximum absolute atomic E-state index is 11.6. The molecule has 0 aliphatic carbocycles. The van der Waals surface area contributed by atoms with E-state index in [1.165, 1.54) is 0 Å². The number of esters is 1. The highest BCUT2D eigenvalue weighted by Crippen LogP contribution is 2.31. The number of benzene rings is 2. The summed E-state index contributed by atoms with van der Waals surface area (Å²) in [4.78, 5) is 16.2. The molecule has 180 valence electrons. The van der Waals surface area contributed by atoms with Crippen molar-refractivity contribution >= 4 is 16.9 Å². The fourth-order valence-electron chi connectivity index (χ4n) is 3.84. The molecule has 0 saturated heterocycles. The molecule has 1 atom stereocenters. The van der Waals surface area contributed by atoms with Gasteiger partial charge in [-0.3, -0.25) is 4.79 Å². The SMILES string of the molecule is CCOC(=O)CCCn1ccc2c(-c3noc(-c4ccc(O[C@H](C)CC)c(C#N)c4)n3)cccc21. The van der Waals surface area contributed by atoms with Gasteiger partial charge < -0.3 is 18.6 Å². The van der Waals surface area contributed by atoms with Crippen molar-refractivity contribution in [2.45, 2.75) is 52.7 Å². The Morgan fingerprint density at radius 2 is 2.09 bits per heavy atom. The van der Waals surface area contributed by atoms with E-state index in [1.54, 1.807) is 12.1 Å². The van der Waals surface area contributed by atoms with Crippen molar-refractivity contribution in [2.75, 3.05) is 6.61 Å². The number of ether oxygens (including phenoxy) is 2. The molecule has 2 aromatic carbocycles. The highest BCUT2D eigenvalue weighted by atomic mass is 16.5. The van der Waals surface area contributed by atoms with Crippen molar-refractivity contribution in [2.24, 2.45) is 0 Å². The molecule has 0 aliphatic rings. The van der Waals surface area contributed by atoms with Gasteiger partial charge in [-0.1, -0.05) is 24.2 Å². The minimum atomic E-state index is -0.178. The van der Waals surface area contributed by atoms with Crippen LogP contribution in [0.15, 0.2) is 53.2 Å². The van der Waals surface area contributed by atoms with Gasteiger partial charge in [0.05, 0.1) is 18.3 Å². The van der Waals surface area contributed by atoms with Gasteiger partial charge >= 0.3 is 5.97 Å². The molecule has 0 aliphatic heterocycles. The fourth-order valence-corrected chi connectivity index (χ4v) is 3.84. The van der Waals surface area contributed by atoms with Gasteiger partial charge in [0, 0.05) is 41.2 Å². The Hall–Kier alpha value is -4.12. The van der Waals surface area contributed by atoms with Crippen LogP contribution in [0, 0.1) is 11.3 Å². The van der Waals surface area contributed by atoms with Crippen LogP contribution in [-0.2, 0) is 16.1 Å². The third-order valence-corrected chi connectivity index (χ3v) is 5.82. The standard InChI is InChI=1S/C27H28N4O4/c1-4-18(3)34-24-12-11-19(16-20(24)17-28)27-29-26(30-35-27)22-8-6-9-23-21(22)13-15-31(23)14-7-10-25(32)33-5-2/h6,8-9,11-13,15-16,18H,4-5,7,10,14H2,1-3H3/t18-/m1/s1. The van der Waals surface area contributed by atoms with Crippen molar-refractivity contribution in [3.05, 3.63) is 54.2 Å². The monoisotopic (exact) mass is 472 g/mol. The Balaban J connectivity index is 1.56. The first-order valence-corrected chi connectivity index (χ1v) is 11.8. The van der Waals surface area contributed by atoms with E-state index >= 15 is 0 Å². The Bertz CT molecular complexity index is 1370. The summed E-state index contributed by atoms with van der Waals surface area (Å²) >= 11 is 0. The number of aromatic nitrogens is 3. The normalized spacial score (nSPS) is 11.8. The smallest absolute Gasteiger partial charge is 0.305 e. The first-order chi connectivity index (χ1) is 17.0. The van der Waals surface area contributed by atoms with E-state index in [0.717, 1.165) is 22.9 Å². The summed E-state index contributed by atoms with van der Waals surface area (Å²) in [6, 6.07) is 15.4. The summed E-state index contributed by atoms with van der Waals surface area (Å²) in [6.07, 6.45) is 3.93. The molecular weight excluding hydrogens is 444 g/mol. The summed E-state index contributed by atoms with van der Waals surface area (Å²) in [5, 5.41) is 14.8. The molecule has 0 unspecified atom stereocenters. The second kappa shape index (κ2) is 10.9. The van der Waals surface area contributed by atoms with Gasteiger partial charge in [-0.05, 0) is 57.0 Å². The largest absolute Gasteiger partial charge is 0.489 e. The summed E-state index contributed by atoms with van der Waals surface area (Å²) in [6.45, 7) is 6.90. The number of fused-ring (bicyclic) bond motifs is 1. The van der Waals surface area contributed by atoms with Gasteiger partial charge in [0.1, 0.15) is 11.8 Å². The lowest BCUT2D eigenvalue weighted by molar-refractivity contribution is -0.143. The van der Waals surface area contributed by atoms with E-state index in [4.69, 9.17) is 14.0 Å². The van der Waals surface area contributed by atoms with Gasteiger partial charge in [0.15, 0.2) is 0 Å². The summed E-state index contributed by atoms with van der Waals surface area (Å²) < 4.78 is 18.5. The molecule has 0 N–H and O–H groups in total. The van der Waals surface area contributed by atoms with E-state index in [2.05, 4.69) is 20.8 Å². The minimum Gasteiger partial charge on any atom is -0.489 e. The van der Waals surface area contributed by atoms with E-state index < -0.39 is 0 Å². The van der Waals surface area contributed by atoms with Crippen molar-refractivity contribution in [3.8, 4) is 34.7 Å². The van der Waals surface area contributed by atoms with Gasteiger partial charge in [-0.15, -0.1) is 0 Å². The first-order valence-electron chi connectivity index (χ1n) is 11.8. The van der Waals surface area contributed by atoms with Crippen LogP contribution in [0.2, 0.25) is 0 Å². The lowest BCUT2D eigenvalue weighted by atomic mass is 10.1. The second-order valence-electron chi connectivity index (χ2n) is 8.24. The number of hydrogen-bond donors (Lipinski definition) is 0. The van der Waals surface area contributed by atoms with Crippen LogP contribution in [0.4, 0.5) is 0 Å². The number of nitrogens with zero attached hydrogens (tertiary/aromatic N) is 4. The van der Waals surface area contributed by atoms with Crippen LogP contribution in [0.1, 0.15) is 45.6 Å². The fraction of sp³-hybridized carbons (Fsp3) is 0.333. The number of aryl methyl sites for hydroxylation is 1. The van der Waals surface area contributed by atoms with Crippen molar-refractivity contribution < 1.29 is 18.8 Å². The van der Waals surface area contributed by atoms with Gasteiger partial charge in [0.25, 0.3) is 5.89 Å². The van der Waals surface area contributed by atoms with Crippen LogP contribution >= 0.6 is 0 Å². The molecule has 0 fully saturated rings. The second-order valence-corrected chi connectivity index (χ2v) is 8.24. The molecule has 2 aromatic heterocycles. The average Bonchev–Trinajstić information content (AvgIpc) is 3.52. The van der Waals surface area contributed by atoms with Crippen molar-refractivity contribution in [1.82, 2.24) is 14.7 Å². The number of rotatable bonds is 10. The molecule has 0 bridgehead atoms. The molecule has 4 rings (SSSR count). The molecule has 35 heavy (non-hydrogen) atoms. The van der Waals surface area contributed by atoms with Crippen LogP contribution in [-0.4, -0.2) is 33.4 Å². The zero-order chi connectivity index (χ0) is 24.8. The maximum atomic E-state index is 11.6. The Kier molecular flexibility index (Phi) is 7.46. The van der Waals surface area contributed by atoms with E-state index in [0.29, 0.717) is 54.6 Å². The van der Waals surface area contributed by atoms with Crippen molar-refractivity contribution in [1.29, 1.82) is 5.26 Å². The summed E-state index contributed by atoms with van der Waals surface area (Å²) in [5.74, 6) is 1.16. The highest BCUT2D eigenvalue weighted by molar-refractivity contribution is 5.94. The van der Waals surface area contributed by atoms with Crippen LogP contribution in [0.5, 0.6) is 5.75 Å². The third-order valence-electron chi connectivity index (χ3n) is 5.82. The zero-order valence-corrected chi connectivity index (χ0v) is 20.2. The van der Waals surface area contributed by atoms with Gasteiger partial charge in [-0.25, -0.2) is 0 Å². The van der Waals surface area contributed by atoms with Gasteiger partial charge in [0.2, 0.25) is 5.82 Å². The zero-order valence-electron chi connectivity index (χ0n) is 20.2. The predicted octanol–water partition coefficient (Wildman–Crippen LogP) is 5.75. The van der Waals surface area contributed by atoms with E-state index in [1.807, 2.05) is 57.3 Å². The lowest BCUT2D eigenvalue weighted by Crippen LogP contribution is -2.10. The molecule has 4 aromatic rings. The average molecular weight is 473 g/mol. The van der Waals surface area contributed by atoms with E-state index in [9.17, 15) is 10.1 Å². The van der Waals surface area contributed by atoms with Crippen LogP contribution < -0.4 is 4.74 Å². The number of carbonyl (C=O) groups excluding carboxylic acids is 1. The predicted molar refractivity (Wildman–Crippen MR) is 132 cm³/mol. The first kappa shape index (κ1) is 24.0. The summed E-state index contributed by atoms with van der Waals surface area (Å²) in [5.41, 5.74) is 2.94. The Morgan fingerprint density at radius 1 is 1.23 bits per heavy atom. The van der Waals surface area contributed by atoms with Gasteiger partial charge in [-0.2, -0.15) is 10.2 Å². The molecule has 0 spiro atoms. The number of carbonyl (C=O) groups is 1. The molecule has 0 amide bonds. The molecule has 0 radical (unpaired) electrons. The maximum Gasteiger partial charge on any atom is 0.305 e. The number of nitriles is 1. The minimum absolute atomic E-state index is 0.0147. The molecule has 8 heteroatoms.